The number of carbonyl (C=O) groups is 1. The molecule has 0 saturated heterocycles. The van der Waals surface area contributed by atoms with Crippen molar-refractivity contribution in [3.63, 3.8) is 0 Å². The van der Waals surface area contributed by atoms with Crippen LogP contribution in [-0.2, 0) is 27.5 Å². The number of pyridine rings is 1. The second-order valence-electron chi connectivity index (χ2n) is 5.43. The minimum Gasteiger partial charge on any atom is -0.352 e. The summed E-state index contributed by atoms with van der Waals surface area (Å²) in [7, 11) is -4.22. The Bertz CT molecular complexity index is 906. The lowest BCUT2D eigenvalue weighted by molar-refractivity contribution is -0.137. The summed E-state index contributed by atoms with van der Waals surface area (Å²) in [6, 6.07) is 5.74. The first-order valence-corrected chi connectivity index (χ1v) is 9.48. The molecule has 1 heterocycles. The fourth-order valence-electron chi connectivity index (χ4n) is 2.06. The minimum atomic E-state index is -4.78. The maximum absolute atomic E-state index is 12.8. The van der Waals surface area contributed by atoms with Crippen LogP contribution in [0.15, 0.2) is 47.6 Å². The summed E-state index contributed by atoms with van der Waals surface area (Å²) >= 11 is 5.47. The maximum Gasteiger partial charge on any atom is 0.417 e. The number of benzene rings is 1. The second-order valence-corrected chi connectivity index (χ2v) is 7.60. The molecule has 0 bridgehead atoms. The SMILES string of the molecule is O=C(CCNS(=O)(=O)c1ccc(Cl)c(C(F)(F)F)c1)NCc1cccnc1. The number of aromatic nitrogens is 1. The molecular formula is C16H15ClF3N3O3S. The van der Waals surface area contributed by atoms with Crippen LogP contribution in [0.2, 0.25) is 5.02 Å². The molecule has 2 aromatic rings. The van der Waals surface area contributed by atoms with Crippen LogP contribution in [0.3, 0.4) is 0 Å². The van der Waals surface area contributed by atoms with E-state index in [0.717, 1.165) is 17.7 Å². The van der Waals surface area contributed by atoms with E-state index in [1.807, 2.05) is 0 Å². The number of carbonyl (C=O) groups excluding carboxylic acids is 1. The van der Waals surface area contributed by atoms with Crippen LogP contribution in [0.1, 0.15) is 17.5 Å². The number of halogens is 4. The Hall–Kier alpha value is -2.17. The zero-order chi connectivity index (χ0) is 20.1. The van der Waals surface area contributed by atoms with Crippen molar-refractivity contribution in [3.8, 4) is 0 Å². The van der Waals surface area contributed by atoms with Gasteiger partial charge in [0.2, 0.25) is 15.9 Å². The summed E-state index contributed by atoms with van der Waals surface area (Å²) in [6.45, 7) is -0.0449. The number of alkyl halides is 3. The van der Waals surface area contributed by atoms with Gasteiger partial charge in [0.25, 0.3) is 0 Å². The Kier molecular flexibility index (Phi) is 6.79. The van der Waals surface area contributed by atoms with E-state index in [0.29, 0.717) is 6.07 Å². The van der Waals surface area contributed by atoms with Crippen LogP contribution < -0.4 is 10.0 Å². The molecule has 0 fully saturated rings. The minimum absolute atomic E-state index is 0.181. The van der Waals surface area contributed by atoms with Crippen molar-refractivity contribution >= 4 is 27.5 Å². The topological polar surface area (TPSA) is 88.2 Å². The Morgan fingerprint density at radius 1 is 1.22 bits per heavy atom. The van der Waals surface area contributed by atoms with Gasteiger partial charge in [-0.25, -0.2) is 13.1 Å². The van der Waals surface area contributed by atoms with Crippen molar-refractivity contribution in [2.45, 2.75) is 24.0 Å². The lowest BCUT2D eigenvalue weighted by Gasteiger charge is -2.12. The Morgan fingerprint density at radius 2 is 1.96 bits per heavy atom. The largest absolute Gasteiger partial charge is 0.417 e. The standard InChI is InChI=1S/C16H15ClF3N3O3S/c17-14-4-3-12(8-13(14)16(18,19)20)27(25,26)23-7-5-15(24)22-10-11-2-1-6-21-9-11/h1-4,6,8-9,23H,5,7,10H2,(H,22,24). The summed E-state index contributed by atoms with van der Waals surface area (Å²) in [5, 5.41) is 1.98. The molecule has 2 N–H and O–H groups in total. The van der Waals surface area contributed by atoms with Gasteiger partial charge in [-0.15, -0.1) is 0 Å². The molecule has 146 valence electrons. The zero-order valence-electron chi connectivity index (χ0n) is 13.8. The van der Waals surface area contributed by atoms with Gasteiger partial charge < -0.3 is 5.32 Å². The van der Waals surface area contributed by atoms with Crippen molar-refractivity contribution in [1.82, 2.24) is 15.0 Å². The molecule has 0 aliphatic rings. The lowest BCUT2D eigenvalue weighted by atomic mass is 10.2. The molecule has 6 nitrogen and oxygen atoms in total. The summed E-state index contributed by atoms with van der Waals surface area (Å²) in [4.78, 5) is 15.0. The van der Waals surface area contributed by atoms with Crippen LogP contribution in [0.25, 0.3) is 0 Å². The molecule has 1 aromatic heterocycles. The highest BCUT2D eigenvalue weighted by Crippen LogP contribution is 2.35. The van der Waals surface area contributed by atoms with E-state index in [-0.39, 0.29) is 19.5 Å². The molecule has 0 unspecified atom stereocenters. The van der Waals surface area contributed by atoms with Gasteiger partial charge >= 0.3 is 6.18 Å². The van der Waals surface area contributed by atoms with Crippen LogP contribution in [0, 0.1) is 0 Å². The predicted molar refractivity (Wildman–Crippen MR) is 92.3 cm³/mol. The molecule has 11 heteroatoms. The van der Waals surface area contributed by atoms with E-state index in [4.69, 9.17) is 11.6 Å². The molecule has 0 atom stereocenters. The molecule has 1 amide bonds. The Morgan fingerprint density at radius 3 is 2.59 bits per heavy atom. The third kappa shape index (κ3) is 6.19. The molecule has 0 aliphatic carbocycles. The summed E-state index contributed by atoms with van der Waals surface area (Å²) in [5.41, 5.74) is -0.478. The van der Waals surface area contributed by atoms with E-state index in [2.05, 4.69) is 15.0 Å². The van der Waals surface area contributed by atoms with Gasteiger partial charge in [-0.2, -0.15) is 13.2 Å². The van der Waals surface area contributed by atoms with Crippen LogP contribution in [0.4, 0.5) is 13.2 Å². The predicted octanol–water partition coefficient (Wildman–Crippen LogP) is 2.74. The highest BCUT2D eigenvalue weighted by molar-refractivity contribution is 7.89. The maximum atomic E-state index is 12.8. The van der Waals surface area contributed by atoms with E-state index in [1.54, 1.807) is 24.5 Å². The quantitative estimate of drug-likeness (QED) is 0.719. The first-order valence-electron chi connectivity index (χ1n) is 7.61. The normalized spacial score (nSPS) is 12.0. The van der Waals surface area contributed by atoms with E-state index in [1.165, 1.54) is 0 Å². The van der Waals surface area contributed by atoms with Crippen molar-refractivity contribution in [1.29, 1.82) is 0 Å². The van der Waals surface area contributed by atoms with Crippen LogP contribution in [-0.4, -0.2) is 25.9 Å². The monoisotopic (exact) mass is 421 g/mol. The number of nitrogens with one attached hydrogen (secondary N) is 2. The Balaban J connectivity index is 1.92. The van der Waals surface area contributed by atoms with Crippen molar-refractivity contribution in [2.75, 3.05) is 6.54 Å². The molecule has 27 heavy (non-hydrogen) atoms. The fourth-order valence-corrected chi connectivity index (χ4v) is 3.35. The van der Waals surface area contributed by atoms with Crippen molar-refractivity contribution in [2.24, 2.45) is 0 Å². The molecule has 0 spiro atoms. The van der Waals surface area contributed by atoms with Gasteiger partial charge in [0.05, 0.1) is 15.5 Å². The highest BCUT2D eigenvalue weighted by atomic mass is 35.5. The van der Waals surface area contributed by atoms with Gasteiger partial charge in [-0.05, 0) is 29.8 Å². The average molecular weight is 422 g/mol. The van der Waals surface area contributed by atoms with Crippen molar-refractivity contribution < 1.29 is 26.4 Å². The number of hydrogen-bond acceptors (Lipinski definition) is 4. The fraction of sp³-hybridized carbons (Fsp3) is 0.250. The summed E-state index contributed by atoms with van der Waals surface area (Å²) in [6.07, 6.45) is -1.81. The molecule has 2 rings (SSSR count). The van der Waals surface area contributed by atoms with Gasteiger partial charge in [-0.1, -0.05) is 17.7 Å². The van der Waals surface area contributed by atoms with E-state index >= 15 is 0 Å². The molecule has 1 aromatic carbocycles. The first kappa shape index (κ1) is 21.1. The number of nitrogens with zero attached hydrogens (tertiary/aromatic N) is 1. The number of rotatable bonds is 7. The summed E-state index contributed by atoms with van der Waals surface area (Å²) in [5.74, 6) is -0.423. The zero-order valence-corrected chi connectivity index (χ0v) is 15.3. The van der Waals surface area contributed by atoms with Crippen LogP contribution in [0.5, 0.6) is 0 Å². The third-order valence-electron chi connectivity index (χ3n) is 3.41. The molecular weight excluding hydrogens is 407 g/mol. The smallest absolute Gasteiger partial charge is 0.352 e. The van der Waals surface area contributed by atoms with Gasteiger partial charge in [0.15, 0.2) is 0 Å². The highest BCUT2D eigenvalue weighted by Gasteiger charge is 2.34. The van der Waals surface area contributed by atoms with Crippen LogP contribution >= 0.6 is 11.6 Å². The average Bonchev–Trinajstić information content (AvgIpc) is 2.60. The summed E-state index contributed by atoms with van der Waals surface area (Å²) < 4.78 is 64.9. The third-order valence-corrected chi connectivity index (χ3v) is 5.20. The van der Waals surface area contributed by atoms with Gasteiger partial charge in [0, 0.05) is 31.9 Å². The van der Waals surface area contributed by atoms with E-state index in [9.17, 15) is 26.4 Å². The van der Waals surface area contributed by atoms with Crippen molar-refractivity contribution in [3.05, 3.63) is 58.9 Å². The molecule has 0 saturated carbocycles. The number of hydrogen-bond donors (Lipinski definition) is 2. The first-order chi connectivity index (χ1) is 12.6. The lowest BCUT2D eigenvalue weighted by Crippen LogP contribution is -2.30. The molecule has 0 radical (unpaired) electrons. The number of amides is 1. The van der Waals surface area contributed by atoms with E-state index < -0.39 is 37.6 Å². The molecule has 0 aliphatic heterocycles. The Labute approximate surface area is 158 Å². The number of sulfonamides is 1. The van der Waals surface area contributed by atoms with Gasteiger partial charge in [-0.3, -0.25) is 9.78 Å². The second kappa shape index (κ2) is 8.68. The van der Waals surface area contributed by atoms with Gasteiger partial charge in [0.1, 0.15) is 0 Å².